The summed E-state index contributed by atoms with van der Waals surface area (Å²) in [4.78, 5) is 33.9. The van der Waals surface area contributed by atoms with Gasteiger partial charge in [-0.1, -0.05) is 19.1 Å². The van der Waals surface area contributed by atoms with Crippen molar-refractivity contribution < 1.29 is 24.5 Å². The molecule has 4 rings (SSSR count). The topological polar surface area (TPSA) is 96.8 Å². The number of nitrogens with zero attached hydrogens (tertiary/aromatic N) is 4. The number of hydrogen-bond acceptors (Lipinski definition) is 5. The highest BCUT2D eigenvalue weighted by atomic mass is 127. The van der Waals surface area contributed by atoms with E-state index in [1.165, 1.54) is 7.11 Å². The third kappa shape index (κ3) is 4.34. The third-order valence-electron chi connectivity index (χ3n) is 7.13. The Kier molecular flexibility index (Phi) is 7.56. The molecular weight excluding hydrogens is 575 g/mol. The first-order valence-electron chi connectivity index (χ1n) is 12.1. The smallest absolute Gasteiger partial charge is 0.325 e. The first kappa shape index (κ1) is 26.3. The number of likely N-dealkylation sites (N-methyl/N-ethyl adjacent to an activating group) is 1. The number of benzene rings is 2. The summed E-state index contributed by atoms with van der Waals surface area (Å²) >= 11 is 2.20. The van der Waals surface area contributed by atoms with Crippen molar-refractivity contribution in [1.29, 1.82) is 0 Å². The van der Waals surface area contributed by atoms with Gasteiger partial charge >= 0.3 is 12.1 Å². The first-order valence-corrected chi connectivity index (χ1v) is 13.1. The van der Waals surface area contributed by atoms with Crippen LogP contribution < -0.4 is 0 Å². The van der Waals surface area contributed by atoms with E-state index in [0.29, 0.717) is 25.1 Å². The molecule has 9 nitrogen and oxygen atoms in total. The molecule has 36 heavy (non-hydrogen) atoms. The van der Waals surface area contributed by atoms with Gasteiger partial charge in [0.25, 0.3) is 0 Å². The van der Waals surface area contributed by atoms with E-state index in [2.05, 4.69) is 22.6 Å². The number of ether oxygens (including phenoxy) is 1. The Morgan fingerprint density at radius 3 is 2.11 bits per heavy atom. The number of aryl methyl sites for hydroxylation is 2. The minimum absolute atomic E-state index is 0.0320. The minimum atomic E-state index is -0.577. The maximum atomic E-state index is 13.7. The van der Waals surface area contributed by atoms with Gasteiger partial charge in [0, 0.05) is 34.9 Å². The Bertz CT molecular complexity index is 1190. The molecule has 0 bridgehead atoms. The van der Waals surface area contributed by atoms with E-state index >= 15 is 0 Å². The van der Waals surface area contributed by atoms with Crippen LogP contribution in [0.3, 0.4) is 0 Å². The number of rotatable bonds is 8. The summed E-state index contributed by atoms with van der Waals surface area (Å²) in [7, 11) is 1.52. The predicted molar refractivity (Wildman–Crippen MR) is 143 cm³/mol. The van der Waals surface area contributed by atoms with Gasteiger partial charge in [-0.3, -0.25) is 14.7 Å². The number of phenolic OH excluding ortho intramolecular Hbond substituents is 2. The fourth-order valence-corrected chi connectivity index (χ4v) is 6.02. The number of carbonyl (C=O) groups is 2. The fourth-order valence-electron chi connectivity index (χ4n) is 5.20. The summed E-state index contributed by atoms with van der Waals surface area (Å²) in [5.74, 6) is 0.405. The summed E-state index contributed by atoms with van der Waals surface area (Å²) in [6.45, 7) is 8.52. The molecule has 2 aliphatic rings. The molecule has 10 heteroatoms. The molecule has 2 heterocycles. The third-order valence-corrected chi connectivity index (χ3v) is 8.14. The lowest BCUT2D eigenvalue weighted by Crippen LogP contribution is -2.46. The van der Waals surface area contributed by atoms with Crippen molar-refractivity contribution in [2.24, 2.45) is 0 Å². The lowest BCUT2D eigenvalue weighted by atomic mass is 10.0. The van der Waals surface area contributed by atoms with Crippen molar-refractivity contribution in [3.63, 3.8) is 0 Å². The van der Waals surface area contributed by atoms with Gasteiger partial charge in [0.15, 0.2) is 6.17 Å². The normalized spacial score (nSPS) is 19.6. The van der Waals surface area contributed by atoms with E-state index in [1.54, 1.807) is 25.7 Å². The second-order valence-electron chi connectivity index (χ2n) is 9.27. The van der Waals surface area contributed by atoms with Gasteiger partial charge in [-0.2, -0.15) is 0 Å². The highest BCUT2D eigenvalue weighted by molar-refractivity contribution is 14.1. The number of carbonyl (C=O) groups excluding carboxylic acids is 2. The fraction of sp³-hybridized carbons (Fsp3) is 0.462. The average molecular weight is 608 g/mol. The van der Waals surface area contributed by atoms with E-state index in [4.69, 9.17) is 4.74 Å². The van der Waals surface area contributed by atoms with Gasteiger partial charge in [-0.25, -0.2) is 9.59 Å². The lowest BCUT2D eigenvalue weighted by molar-refractivity contribution is 0.0328. The summed E-state index contributed by atoms with van der Waals surface area (Å²) < 4.78 is 6.35. The molecule has 2 fully saturated rings. The molecule has 0 aromatic heterocycles. The van der Waals surface area contributed by atoms with Crippen molar-refractivity contribution in [1.82, 2.24) is 19.6 Å². The van der Waals surface area contributed by atoms with Crippen LogP contribution in [0.15, 0.2) is 24.3 Å². The highest BCUT2D eigenvalue weighted by Crippen LogP contribution is 2.39. The Hall–Kier alpha value is -2.73. The van der Waals surface area contributed by atoms with Crippen LogP contribution in [0.2, 0.25) is 0 Å². The number of halogens is 1. The Morgan fingerprint density at radius 1 is 0.889 bits per heavy atom. The van der Waals surface area contributed by atoms with E-state index in [-0.39, 0.29) is 36.8 Å². The van der Waals surface area contributed by atoms with Crippen molar-refractivity contribution >= 4 is 34.7 Å². The molecule has 0 saturated carbocycles. The molecule has 2 aromatic rings. The van der Waals surface area contributed by atoms with Crippen LogP contribution in [-0.2, 0) is 24.2 Å². The van der Waals surface area contributed by atoms with Crippen molar-refractivity contribution in [3.05, 3.63) is 55.7 Å². The Balaban J connectivity index is 1.74. The highest BCUT2D eigenvalue weighted by Gasteiger charge is 2.58. The molecule has 0 radical (unpaired) electrons. The summed E-state index contributed by atoms with van der Waals surface area (Å²) in [6, 6.07) is 6.94. The molecule has 194 valence electrons. The molecule has 2 aliphatic heterocycles. The summed E-state index contributed by atoms with van der Waals surface area (Å²) in [5, 5.41) is 21.0. The van der Waals surface area contributed by atoms with Crippen LogP contribution in [0.4, 0.5) is 9.59 Å². The predicted octanol–water partition coefficient (Wildman–Crippen LogP) is 4.33. The van der Waals surface area contributed by atoms with Gasteiger partial charge in [0.05, 0.1) is 6.54 Å². The number of aromatic hydroxyl groups is 2. The van der Waals surface area contributed by atoms with Crippen LogP contribution >= 0.6 is 22.6 Å². The number of hydrogen-bond donors (Lipinski definition) is 2. The molecule has 0 spiro atoms. The maximum Gasteiger partial charge on any atom is 0.325 e. The zero-order valence-corrected chi connectivity index (χ0v) is 23.4. The Labute approximate surface area is 225 Å². The van der Waals surface area contributed by atoms with Gasteiger partial charge < -0.3 is 19.8 Å². The molecule has 0 aliphatic carbocycles. The van der Waals surface area contributed by atoms with Crippen LogP contribution in [-0.4, -0.2) is 74.6 Å². The van der Waals surface area contributed by atoms with E-state index in [1.807, 2.05) is 45.9 Å². The van der Waals surface area contributed by atoms with Crippen molar-refractivity contribution in [3.8, 4) is 11.5 Å². The van der Waals surface area contributed by atoms with Gasteiger partial charge in [-0.05, 0) is 78.6 Å². The maximum absolute atomic E-state index is 13.7. The molecular formula is C26H33IN4O5. The van der Waals surface area contributed by atoms with Gasteiger partial charge in [-0.15, -0.1) is 0 Å². The van der Waals surface area contributed by atoms with Crippen molar-refractivity contribution in [2.45, 2.75) is 59.5 Å². The molecule has 2 N–H and O–H groups in total. The number of urea groups is 2. The molecule has 2 atom stereocenters. The number of methoxy groups -OCH3 is 1. The molecule has 2 aromatic carbocycles. The standard InChI is InChI=1S/C26H33IN4O5/c1-6-19-20(27)9-8-17(22(19)33)12-29-24-23(28(7-2)25(29)34)30(26(35)31(24)14-36-5)13-18-10-16(4)21(32)11-15(18)3/h8-11,23-24,32-33H,6-7,12-14H2,1-5H3. The average Bonchev–Trinajstić information content (AvgIpc) is 3.25. The van der Waals surface area contributed by atoms with Crippen LogP contribution in [0.25, 0.3) is 0 Å². The number of amides is 4. The van der Waals surface area contributed by atoms with Crippen LogP contribution in [0.5, 0.6) is 11.5 Å². The largest absolute Gasteiger partial charge is 0.508 e. The molecule has 2 unspecified atom stereocenters. The van der Waals surface area contributed by atoms with E-state index in [9.17, 15) is 19.8 Å². The quantitative estimate of drug-likeness (QED) is 0.435. The Morgan fingerprint density at radius 2 is 1.50 bits per heavy atom. The molecule has 4 amide bonds. The monoisotopic (exact) mass is 608 g/mol. The van der Waals surface area contributed by atoms with Gasteiger partial charge in [0.1, 0.15) is 24.4 Å². The first-order chi connectivity index (χ1) is 17.1. The SMILES string of the molecule is CCc1c(I)ccc(CN2C(=O)N(CC)C3C2N(COC)C(=O)N3Cc2cc(C)c(O)cc2C)c1O. The number of phenols is 2. The summed E-state index contributed by atoms with van der Waals surface area (Å²) in [5.41, 5.74) is 3.99. The summed E-state index contributed by atoms with van der Waals surface area (Å²) in [6.07, 6.45) is -0.422. The minimum Gasteiger partial charge on any atom is -0.508 e. The lowest BCUT2D eigenvalue weighted by Gasteiger charge is -2.30. The zero-order chi connectivity index (χ0) is 26.3. The van der Waals surface area contributed by atoms with Crippen LogP contribution in [0.1, 0.15) is 41.7 Å². The second kappa shape index (κ2) is 10.3. The zero-order valence-electron chi connectivity index (χ0n) is 21.3. The molecule has 2 saturated heterocycles. The van der Waals surface area contributed by atoms with Gasteiger partial charge in [0.2, 0.25) is 0 Å². The van der Waals surface area contributed by atoms with Crippen LogP contribution in [0, 0.1) is 17.4 Å². The second-order valence-corrected chi connectivity index (χ2v) is 10.4. The van der Waals surface area contributed by atoms with E-state index in [0.717, 1.165) is 25.8 Å². The number of fused-ring (bicyclic) bond motifs is 1. The van der Waals surface area contributed by atoms with Crippen molar-refractivity contribution in [2.75, 3.05) is 20.4 Å². The van der Waals surface area contributed by atoms with E-state index < -0.39 is 12.3 Å².